The van der Waals surface area contributed by atoms with Crippen LogP contribution in [0.5, 0.6) is 5.75 Å². The van der Waals surface area contributed by atoms with Crippen LogP contribution in [0.25, 0.3) is 0 Å². The number of hydrogen-bond acceptors (Lipinski definition) is 8. The van der Waals surface area contributed by atoms with E-state index in [1.807, 2.05) is 18.2 Å². The number of halogens is 1. The van der Waals surface area contributed by atoms with Gasteiger partial charge in [-0.1, -0.05) is 36.7 Å². The number of nitrogens with zero attached hydrogens (tertiary/aromatic N) is 1. The number of aryl methyl sites for hydroxylation is 1. The maximum Gasteiger partial charge on any atom is 0.264 e. The Kier molecular flexibility index (Phi) is 9.94. The molecule has 45 heavy (non-hydrogen) atoms. The number of allylic oxidation sites excluding steroid dienone is 1. The molecule has 5 rings (SSSR count). The number of benzene rings is 2. The van der Waals surface area contributed by atoms with Gasteiger partial charge in [-0.2, -0.15) is 0 Å². The Balaban J connectivity index is 1.59. The van der Waals surface area contributed by atoms with Gasteiger partial charge in [0, 0.05) is 29.9 Å². The van der Waals surface area contributed by atoms with Crippen molar-refractivity contribution in [2.75, 3.05) is 30.0 Å². The number of rotatable bonds is 2. The molecule has 2 aromatic carbocycles. The van der Waals surface area contributed by atoms with E-state index in [0.717, 1.165) is 43.1 Å². The van der Waals surface area contributed by atoms with Gasteiger partial charge in [0.2, 0.25) is 10.0 Å². The van der Waals surface area contributed by atoms with E-state index in [1.54, 1.807) is 44.2 Å². The van der Waals surface area contributed by atoms with E-state index in [4.69, 9.17) is 16.3 Å². The van der Waals surface area contributed by atoms with E-state index in [-0.39, 0.29) is 30.4 Å². The molecule has 5 atom stereocenters. The van der Waals surface area contributed by atoms with Crippen molar-refractivity contribution in [3.63, 3.8) is 0 Å². The number of ether oxygens (including phenoxy) is 1. The van der Waals surface area contributed by atoms with Gasteiger partial charge in [0.15, 0.2) is 9.84 Å². The Morgan fingerprint density at radius 2 is 1.89 bits per heavy atom. The summed E-state index contributed by atoms with van der Waals surface area (Å²) in [4.78, 5) is 15.5. The van der Waals surface area contributed by atoms with E-state index < -0.39 is 48.3 Å². The van der Waals surface area contributed by atoms with Crippen LogP contribution >= 0.6 is 11.6 Å². The van der Waals surface area contributed by atoms with Crippen LogP contribution in [-0.4, -0.2) is 63.8 Å². The van der Waals surface area contributed by atoms with Crippen molar-refractivity contribution in [1.29, 1.82) is 0 Å². The lowest BCUT2D eigenvalue weighted by atomic mass is 9.64. The number of aliphatic hydroxyl groups is 1. The molecule has 2 aliphatic heterocycles. The molecular weight excluding hydrogens is 636 g/mol. The fourth-order valence-electron chi connectivity index (χ4n) is 6.77. The molecule has 1 saturated carbocycles. The first-order chi connectivity index (χ1) is 21.1. The van der Waals surface area contributed by atoms with Crippen LogP contribution in [0.2, 0.25) is 5.02 Å². The van der Waals surface area contributed by atoms with Crippen LogP contribution in [0, 0.1) is 17.8 Å². The number of carbonyl (C=O) groups excluding carboxylic acids is 1. The summed E-state index contributed by atoms with van der Waals surface area (Å²) in [6, 6.07) is 10.7. The molecule has 1 fully saturated rings. The molecule has 246 valence electrons. The standard InChI is InChI=1S/C33H43ClN2O7S2/c1-22-7-6-15-33(38,21-44(3,39)40)29-13-10-26(29)19-36-16-5-4-8-24-17-28(34)12-9-27(24)20-43-31-14-11-25(18-30(31)36)32(37)35-45(41,42)23(22)2/h6,9,11-12,14-15,17-18,22-23,26,29,38H,4-5,7-8,10,13,16,19-21H2,1-3H3,(H,35,37)/b15-6+/t22-,23+,26-,29+,33+/m0/s1. The molecule has 0 radical (unpaired) electrons. The molecule has 2 aromatic rings. The van der Waals surface area contributed by atoms with Crippen molar-refractivity contribution in [2.24, 2.45) is 17.8 Å². The third-order valence-corrected chi connectivity index (χ3v) is 12.8. The lowest BCUT2D eigenvalue weighted by molar-refractivity contribution is -0.0286. The number of anilines is 1. The quantitative estimate of drug-likeness (QED) is 0.429. The van der Waals surface area contributed by atoms with Crippen molar-refractivity contribution >= 4 is 43.1 Å². The minimum absolute atomic E-state index is 0.0162. The summed E-state index contributed by atoms with van der Waals surface area (Å²) < 4.78 is 60.2. The van der Waals surface area contributed by atoms with Crippen LogP contribution in [-0.2, 0) is 32.9 Å². The molecular formula is C33H43ClN2O7S2. The highest BCUT2D eigenvalue weighted by atomic mass is 35.5. The first-order valence-electron chi connectivity index (χ1n) is 15.6. The van der Waals surface area contributed by atoms with Crippen molar-refractivity contribution in [3.8, 4) is 5.75 Å². The summed E-state index contributed by atoms with van der Waals surface area (Å²) in [5, 5.41) is 11.6. The third-order valence-electron chi connectivity index (χ3n) is 9.69. The molecule has 1 aliphatic carbocycles. The van der Waals surface area contributed by atoms with Crippen LogP contribution in [0.15, 0.2) is 48.6 Å². The Hall–Kier alpha value is -2.60. The monoisotopic (exact) mass is 678 g/mol. The molecule has 12 heteroatoms. The number of hydrogen-bond donors (Lipinski definition) is 2. The van der Waals surface area contributed by atoms with Gasteiger partial charge in [-0.3, -0.25) is 4.79 Å². The first-order valence-corrected chi connectivity index (χ1v) is 19.6. The lowest BCUT2D eigenvalue weighted by Crippen LogP contribution is -2.53. The van der Waals surface area contributed by atoms with E-state index >= 15 is 0 Å². The number of amides is 1. The molecule has 0 aromatic heterocycles. The number of sulfonamides is 1. The van der Waals surface area contributed by atoms with Crippen LogP contribution in [0.3, 0.4) is 0 Å². The van der Waals surface area contributed by atoms with Gasteiger partial charge in [-0.05, 0) is 105 Å². The summed E-state index contributed by atoms with van der Waals surface area (Å²) >= 11 is 6.30. The fourth-order valence-corrected chi connectivity index (χ4v) is 9.40. The summed E-state index contributed by atoms with van der Waals surface area (Å²) in [5.74, 6) is -1.32. The zero-order valence-electron chi connectivity index (χ0n) is 26.0. The maximum atomic E-state index is 13.4. The molecule has 2 bridgehead atoms. The predicted octanol–water partition coefficient (Wildman–Crippen LogP) is 4.91. The topological polar surface area (TPSA) is 130 Å². The normalized spacial score (nSPS) is 29.9. The number of nitrogens with one attached hydrogen (secondary N) is 1. The van der Waals surface area contributed by atoms with Crippen LogP contribution in [0.1, 0.15) is 67.4 Å². The van der Waals surface area contributed by atoms with Gasteiger partial charge < -0.3 is 14.7 Å². The number of sulfone groups is 1. The van der Waals surface area contributed by atoms with Gasteiger partial charge >= 0.3 is 0 Å². The van der Waals surface area contributed by atoms with Gasteiger partial charge in [0.1, 0.15) is 12.4 Å². The SMILES string of the molecule is C[C@@H]1[C@@H](C)C/C=C/[C@@](O)(CS(C)(=O)=O)[C@@H]2CC[C@H]2CN2CCCCc3cc(Cl)ccc3COc3ccc(cc32)C(=O)NS1(=O)=O. The van der Waals surface area contributed by atoms with E-state index in [1.165, 1.54) is 0 Å². The molecule has 1 amide bonds. The van der Waals surface area contributed by atoms with E-state index in [2.05, 4.69) is 9.62 Å². The van der Waals surface area contributed by atoms with Crippen molar-refractivity contribution in [1.82, 2.24) is 4.72 Å². The largest absolute Gasteiger partial charge is 0.487 e. The Morgan fingerprint density at radius 3 is 2.60 bits per heavy atom. The van der Waals surface area contributed by atoms with Crippen molar-refractivity contribution in [3.05, 3.63) is 70.3 Å². The second kappa shape index (κ2) is 13.3. The second-order valence-electron chi connectivity index (χ2n) is 13.1. The van der Waals surface area contributed by atoms with Crippen LogP contribution < -0.4 is 14.4 Å². The molecule has 2 N–H and O–H groups in total. The smallest absolute Gasteiger partial charge is 0.264 e. The summed E-state index contributed by atoms with van der Waals surface area (Å²) in [6.07, 6.45) is 8.65. The zero-order chi connectivity index (χ0) is 32.6. The van der Waals surface area contributed by atoms with Gasteiger partial charge in [-0.15, -0.1) is 0 Å². The Labute approximate surface area is 272 Å². The summed E-state index contributed by atoms with van der Waals surface area (Å²) in [5.41, 5.74) is 1.38. The lowest BCUT2D eigenvalue weighted by Gasteiger charge is -2.48. The highest BCUT2D eigenvalue weighted by molar-refractivity contribution is 7.91. The van der Waals surface area contributed by atoms with Gasteiger partial charge in [0.05, 0.1) is 22.3 Å². The minimum Gasteiger partial charge on any atom is -0.487 e. The average molecular weight is 679 g/mol. The zero-order valence-corrected chi connectivity index (χ0v) is 28.4. The van der Waals surface area contributed by atoms with Crippen molar-refractivity contribution < 1.29 is 31.5 Å². The Bertz CT molecular complexity index is 1680. The van der Waals surface area contributed by atoms with E-state index in [0.29, 0.717) is 36.0 Å². The predicted molar refractivity (Wildman–Crippen MR) is 177 cm³/mol. The highest BCUT2D eigenvalue weighted by Crippen LogP contribution is 2.45. The average Bonchev–Trinajstić information content (AvgIpc) is 2.96. The summed E-state index contributed by atoms with van der Waals surface area (Å²) in [7, 11) is -7.59. The molecule has 0 saturated heterocycles. The number of carbonyl (C=O) groups is 1. The van der Waals surface area contributed by atoms with Crippen LogP contribution in [0.4, 0.5) is 5.69 Å². The summed E-state index contributed by atoms with van der Waals surface area (Å²) in [6.45, 7) is 4.71. The highest BCUT2D eigenvalue weighted by Gasteiger charge is 2.47. The molecule has 3 aliphatic rings. The second-order valence-corrected chi connectivity index (χ2v) is 17.7. The fraction of sp³-hybridized carbons (Fsp3) is 0.545. The van der Waals surface area contributed by atoms with E-state index in [9.17, 15) is 26.7 Å². The molecule has 2 heterocycles. The molecule has 9 nitrogen and oxygen atoms in total. The third kappa shape index (κ3) is 7.86. The number of fused-ring (bicyclic) bond motifs is 3. The van der Waals surface area contributed by atoms with Crippen molar-refractivity contribution in [2.45, 2.75) is 69.8 Å². The minimum atomic E-state index is -4.05. The Morgan fingerprint density at radius 1 is 1.11 bits per heavy atom. The molecule has 0 spiro atoms. The van der Waals surface area contributed by atoms with Gasteiger partial charge in [-0.25, -0.2) is 21.6 Å². The molecule has 0 unspecified atom stereocenters. The van der Waals surface area contributed by atoms with Gasteiger partial charge in [0.25, 0.3) is 5.91 Å². The maximum absolute atomic E-state index is 13.4. The first kappa shape index (κ1) is 33.8.